The summed E-state index contributed by atoms with van der Waals surface area (Å²) in [6.07, 6.45) is 16.4. The second-order valence-corrected chi connectivity index (χ2v) is 12.7. The van der Waals surface area contributed by atoms with E-state index in [1.807, 2.05) is 5.32 Å². The first-order valence-electron chi connectivity index (χ1n) is 16.1. The number of hydrogen-bond donors (Lipinski definition) is 8. The quantitative estimate of drug-likeness (QED) is 0.0805. The van der Waals surface area contributed by atoms with E-state index in [9.17, 15) is 33.6 Å². The Morgan fingerprint density at radius 2 is 1.05 bits per heavy atom. The fourth-order valence-corrected chi connectivity index (χ4v) is 5.51. The van der Waals surface area contributed by atoms with Gasteiger partial charge in [-0.1, -0.05) is 97.3 Å². The zero-order valence-electron chi connectivity index (χ0n) is 26.0. The van der Waals surface area contributed by atoms with Crippen molar-refractivity contribution in [3.05, 3.63) is 0 Å². The second-order valence-electron chi connectivity index (χ2n) is 11.7. The van der Waals surface area contributed by atoms with Crippen LogP contribution in [0.5, 0.6) is 0 Å². The summed E-state index contributed by atoms with van der Waals surface area (Å²) in [5, 5.41) is 62.1. The van der Waals surface area contributed by atoms with Crippen LogP contribution in [0.1, 0.15) is 117 Å². The molecule has 2 fully saturated rings. The molecule has 0 aliphatic carbocycles. The monoisotopic (exact) mass is 652 g/mol. The summed E-state index contributed by atoms with van der Waals surface area (Å²) in [5.74, 6) is 0. The molecule has 10 nitrogen and oxygen atoms in total. The first-order chi connectivity index (χ1) is 20.3. The Morgan fingerprint density at radius 1 is 0.651 bits per heavy atom. The number of nitrogens with one attached hydrogen (secondary N) is 1. The zero-order valence-corrected chi connectivity index (χ0v) is 26.8. The second kappa shape index (κ2) is 24.8. The third-order valence-corrected chi connectivity index (χ3v) is 8.56. The Hall–Kier alpha value is -0.420. The Balaban J connectivity index is 0.000000675. The zero-order chi connectivity index (χ0) is 32.8. The van der Waals surface area contributed by atoms with Crippen LogP contribution in [0.25, 0.3) is 0 Å². The van der Waals surface area contributed by atoms with Crippen LogP contribution >= 0.6 is 0 Å². The lowest BCUT2D eigenvalue weighted by Gasteiger charge is -2.15. The van der Waals surface area contributed by atoms with Crippen LogP contribution in [0, 0.1) is 0 Å². The summed E-state index contributed by atoms with van der Waals surface area (Å²) in [5.41, 5.74) is -5.08. The number of nitrogens with two attached hydrogens (primary N) is 1. The normalized spacial score (nSPS) is 29.5. The lowest BCUT2D eigenvalue weighted by molar-refractivity contribution is -0.708. The van der Waals surface area contributed by atoms with Gasteiger partial charge in [-0.05, 0) is 12.8 Å². The lowest BCUT2D eigenvalue weighted by atomic mass is 10.0. The summed E-state index contributed by atoms with van der Waals surface area (Å²) in [6.45, 7) is 4.26. The topological polar surface area (TPSA) is 190 Å². The van der Waals surface area contributed by atoms with Gasteiger partial charge >= 0.3 is 5.51 Å². The third kappa shape index (κ3) is 18.3. The number of alkyl halides is 3. The molecule has 260 valence electrons. The molecule has 14 heteroatoms. The van der Waals surface area contributed by atoms with Gasteiger partial charge in [0.2, 0.25) is 0 Å². The summed E-state index contributed by atoms with van der Waals surface area (Å²) >= 11 is -3.93. The van der Waals surface area contributed by atoms with Gasteiger partial charge in [-0.15, -0.1) is 0 Å². The van der Waals surface area contributed by atoms with Gasteiger partial charge in [0, 0.05) is 12.5 Å². The van der Waals surface area contributed by atoms with Gasteiger partial charge in [-0.25, -0.2) is 0 Å². The molecule has 1 unspecified atom stereocenters. The largest absolute Gasteiger partial charge is 0.766 e. The van der Waals surface area contributed by atoms with Crippen molar-refractivity contribution in [1.29, 1.82) is 0 Å². The number of quaternary nitrogens is 1. The van der Waals surface area contributed by atoms with Crippen LogP contribution in [0.15, 0.2) is 0 Å². The molecule has 0 amide bonds. The van der Waals surface area contributed by atoms with Gasteiger partial charge < -0.3 is 45.8 Å². The summed E-state index contributed by atoms with van der Waals surface area (Å²) in [4.78, 5) is 0. The molecule has 9 atom stereocenters. The highest BCUT2D eigenvalue weighted by Crippen LogP contribution is 2.20. The number of rotatable bonds is 18. The van der Waals surface area contributed by atoms with Crippen LogP contribution in [-0.4, -0.2) is 107 Å². The first kappa shape index (κ1) is 42.6. The van der Waals surface area contributed by atoms with Gasteiger partial charge in [-0.2, -0.15) is 13.2 Å². The van der Waals surface area contributed by atoms with Crippen LogP contribution < -0.4 is 10.6 Å². The van der Waals surface area contributed by atoms with E-state index in [0.29, 0.717) is 0 Å². The van der Waals surface area contributed by atoms with Crippen molar-refractivity contribution >= 4 is 11.1 Å². The van der Waals surface area contributed by atoms with E-state index in [0.717, 1.165) is 25.7 Å². The number of aliphatic hydroxyl groups excluding tert-OH is 6. The van der Waals surface area contributed by atoms with E-state index >= 15 is 0 Å². The van der Waals surface area contributed by atoms with Gasteiger partial charge in [-0.3, -0.25) is 4.21 Å². The molecule has 43 heavy (non-hydrogen) atoms. The van der Waals surface area contributed by atoms with E-state index < -0.39 is 41.0 Å². The van der Waals surface area contributed by atoms with Crippen molar-refractivity contribution in [3.63, 3.8) is 0 Å². The number of unbranched alkanes of at least 4 members (excludes halogenated alkanes) is 12. The Bertz CT molecular complexity index is 655. The molecule has 2 heterocycles. The molecule has 0 radical (unpaired) electrons. The molecule has 0 spiro atoms. The van der Waals surface area contributed by atoms with Crippen LogP contribution in [0.4, 0.5) is 13.2 Å². The van der Waals surface area contributed by atoms with E-state index in [2.05, 4.69) is 19.2 Å². The van der Waals surface area contributed by atoms with Crippen molar-refractivity contribution < 1.29 is 57.9 Å². The smallest absolute Gasteiger partial charge is 0.458 e. The maximum atomic E-state index is 10.6. The van der Waals surface area contributed by atoms with E-state index in [-0.39, 0.29) is 37.4 Å². The molecule has 0 aromatic rings. The van der Waals surface area contributed by atoms with Crippen molar-refractivity contribution in [3.8, 4) is 0 Å². The average Bonchev–Trinajstić information content (AvgIpc) is 3.41. The van der Waals surface area contributed by atoms with Crippen molar-refractivity contribution in [2.75, 3.05) is 13.2 Å². The summed E-state index contributed by atoms with van der Waals surface area (Å²) in [7, 11) is 0. The molecular weight excluding hydrogens is 593 g/mol. The van der Waals surface area contributed by atoms with Crippen molar-refractivity contribution in [2.45, 2.75) is 171 Å². The van der Waals surface area contributed by atoms with Crippen LogP contribution in [0.2, 0.25) is 0 Å². The Labute approximate surface area is 258 Å². The maximum Gasteiger partial charge on any atom is 0.458 e. The SMILES string of the molecule is CCCCCCCCC[C@@H]1[NH2+][C@@H](CO)[C@H](O)[C@@H]1O.CCCCCCCCC[C@H]1N[C@@H](CO)[C@H](O)[C@@H]1O.O=S([O-])C(F)(F)F. The highest BCUT2D eigenvalue weighted by atomic mass is 32.2. The van der Waals surface area contributed by atoms with E-state index in [4.69, 9.17) is 19.0 Å². The molecule has 0 bridgehead atoms. The highest BCUT2D eigenvalue weighted by Gasteiger charge is 2.44. The summed E-state index contributed by atoms with van der Waals surface area (Å²) in [6, 6.07) is -0.607. The molecule has 9 N–H and O–H groups in total. The summed E-state index contributed by atoms with van der Waals surface area (Å²) < 4.78 is 49.5. The Morgan fingerprint density at radius 3 is 1.42 bits per heavy atom. The lowest BCUT2D eigenvalue weighted by Crippen LogP contribution is -2.93. The molecular formula is C29H59F3N2O8S. The molecule has 2 saturated heterocycles. The van der Waals surface area contributed by atoms with E-state index in [1.165, 1.54) is 77.0 Å². The molecule has 0 saturated carbocycles. The van der Waals surface area contributed by atoms with Crippen LogP contribution in [0.3, 0.4) is 0 Å². The number of halogens is 3. The standard InChI is InChI=1S/2C14H29NO3.CHF3O2S/c2*1-2-3-4-5-6-7-8-9-11-13(17)14(18)12(10-16)15-11;2-1(3,4)7(5)6/h2*11-18H,2-10H2,1H3;(H,5,6)/t11-,12+,13-,14+;11-,12-,13+,14-;/m10./s1. The number of aliphatic hydroxyl groups is 6. The minimum atomic E-state index is -5.08. The fraction of sp³-hybridized carbons (Fsp3) is 1.00. The minimum absolute atomic E-state index is 0.0622. The van der Waals surface area contributed by atoms with Gasteiger partial charge in [0.05, 0.1) is 42.5 Å². The molecule has 2 aliphatic rings. The van der Waals surface area contributed by atoms with Gasteiger partial charge in [0.15, 0.2) is 0 Å². The molecule has 0 aromatic carbocycles. The Kier molecular flexibility index (Phi) is 24.5. The number of hydrogen-bond acceptors (Lipinski definition) is 9. The fourth-order valence-electron chi connectivity index (χ4n) is 5.51. The average molecular weight is 653 g/mol. The molecule has 0 aromatic heterocycles. The predicted octanol–water partition coefficient (Wildman–Crippen LogP) is 1.72. The first-order valence-corrected chi connectivity index (χ1v) is 17.1. The van der Waals surface area contributed by atoms with Crippen LogP contribution in [-0.2, 0) is 11.1 Å². The maximum absolute atomic E-state index is 10.6. The van der Waals surface area contributed by atoms with Gasteiger partial charge in [0.25, 0.3) is 0 Å². The van der Waals surface area contributed by atoms with Crippen molar-refractivity contribution in [2.24, 2.45) is 0 Å². The van der Waals surface area contributed by atoms with Gasteiger partial charge in [0.1, 0.15) is 24.3 Å². The molecule has 2 aliphatic heterocycles. The molecule has 2 rings (SSSR count). The third-order valence-electron chi connectivity index (χ3n) is 8.18. The van der Waals surface area contributed by atoms with Crippen molar-refractivity contribution in [1.82, 2.24) is 5.32 Å². The highest BCUT2D eigenvalue weighted by molar-refractivity contribution is 7.80. The minimum Gasteiger partial charge on any atom is -0.766 e. The predicted molar refractivity (Wildman–Crippen MR) is 159 cm³/mol. The van der Waals surface area contributed by atoms with E-state index in [1.54, 1.807) is 0 Å².